The molecule has 0 amide bonds. The standard InChI is InChI=1S/C11H11NO2.C11H14O3.C11H12O3.C10H9NO2.C9H10O2.C2H4O.5C2H6.Cr.H3NO.3O/c1-8-10(11(13)14-12(8)2)9-6-4-3-5-7-9;2*1-8(12)10(11(13)14-2)9-6-4-3-5-7-9;1-7-9(10(12)13-11-7)8-5-3-2-4-6-8;1-11-9(10)7-8-5-3-2-4-6-8;1-2-3;5*1-2;;1-2;;;/h3-7H,1-2H3;3-8,10,12H,1-2H3;3-7,10H,1-2H3;2-6,11H,1H3;2-6H,7H2,1H3;2H,1H3;5*1-2H3;;2H,1H2;;;. The van der Waals surface area contributed by atoms with Crippen LogP contribution in [0, 0.1) is 13.8 Å². The van der Waals surface area contributed by atoms with E-state index in [-0.39, 0.29) is 23.0 Å². The van der Waals surface area contributed by atoms with Gasteiger partial charge in [0.2, 0.25) is 0 Å². The number of nitrogens with zero attached hydrogens (tertiary/aromatic N) is 1. The number of aliphatic hydroxyl groups is 1. The summed E-state index contributed by atoms with van der Waals surface area (Å²) in [5, 5.41) is 18.5. The minimum absolute atomic E-state index is 0.198. The zero-order chi connectivity index (χ0) is 66.9. The van der Waals surface area contributed by atoms with E-state index in [0.717, 1.165) is 39.9 Å². The summed E-state index contributed by atoms with van der Waals surface area (Å²) in [6, 6.07) is 46.5. The molecule has 3 atom stereocenters. The third-order valence-corrected chi connectivity index (χ3v) is 9.75. The number of hydrogen-bond acceptors (Lipinski definition) is 18. The molecule has 21 heteroatoms. The van der Waals surface area contributed by atoms with Crippen LogP contribution in [0.4, 0.5) is 0 Å². The van der Waals surface area contributed by atoms with Gasteiger partial charge in [0, 0.05) is 7.05 Å². The summed E-state index contributed by atoms with van der Waals surface area (Å²) in [5.74, 6) is 0.788. The van der Waals surface area contributed by atoms with Crippen LogP contribution in [0.25, 0.3) is 22.3 Å². The van der Waals surface area contributed by atoms with Crippen LogP contribution in [0.1, 0.15) is 130 Å². The van der Waals surface area contributed by atoms with Gasteiger partial charge in [0.15, 0.2) is 0 Å². The van der Waals surface area contributed by atoms with Gasteiger partial charge in [0.25, 0.3) is 0 Å². The average Bonchev–Trinajstić information content (AvgIpc) is 4.20. The van der Waals surface area contributed by atoms with Gasteiger partial charge in [-0.1, -0.05) is 221 Å². The molecule has 0 saturated heterocycles. The van der Waals surface area contributed by atoms with E-state index in [9.17, 15) is 33.9 Å². The number of ether oxygens (including phenoxy) is 3. The number of benzene rings is 5. The Kier molecular flexibility index (Phi) is 60.9. The SMILES string of the molecule is CC.CC.CC.CC.CC.CC=O.COC(=O)C(C(C)=O)c1ccccc1.COC(=O)C(c1ccccc1)C(C)O.COC(=O)Cc1ccccc1.Cc1[nH]oc(=O)c1-c1ccccc1.Cc1c(-c2ccccc2)c(=O)on1C.NO.[O]=[Cr](=[O])=[O]. The number of nitrogens with one attached hydrogen (secondary N) is 1. The van der Waals surface area contributed by atoms with Gasteiger partial charge in [-0.15, -0.1) is 0 Å². The number of carbonyl (C=O) groups excluding carboxylic acids is 5. The molecule has 85 heavy (non-hydrogen) atoms. The molecule has 2 heterocycles. The number of aliphatic hydroxyl groups excluding tert-OH is 1. The molecule has 5 aromatic carbocycles. The van der Waals surface area contributed by atoms with Gasteiger partial charge >= 0.3 is 54.5 Å². The van der Waals surface area contributed by atoms with Crippen LogP contribution in [0.3, 0.4) is 0 Å². The number of hydrogen-bond donors (Lipinski definition) is 4. The van der Waals surface area contributed by atoms with Gasteiger partial charge < -0.3 is 38.4 Å². The van der Waals surface area contributed by atoms with E-state index in [2.05, 4.69) is 29.8 Å². The molecule has 0 saturated carbocycles. The fourth-order valence-corrected chi connectivity index (χ4v) is 6.33. The van der Waals surface area contributed by atoms with E-state index in [1.165, 1.54) is 39.9 Å². The van der Waals surface area contributed by atoms with E-state index in [1.807, 2.05) is 198 Å². The number of Topliss-reactive ketones (excluding diaryl/α,β-unsaturated/α-hetero) is 1. The number of aromatic nitrogens is 2. The van der Waals surface area contributed by atoms with E-state index < -0.39 is 43.8 Å². The summed E-state index contributed by atoms with van der Waals surface area (Å²) in [4.78, 5) is 76.2. The molecule has 0 aliphatic carbocycles. The summed E-state index contributed by atoms with van der Waals surface area (Å²) in [6.45, 7) is 28.1. The van der Waals surface area contributed by atoms with Crippen LogP contribution in [0.15, 0.2) is 170 Å². The quantitative estimate of drug-likeness (QED) is 0.0325. The molecular weight excluding hydrogens is 1130 g/mol. The van der Waals surface area contributed by atoms with Crippen LogP contribution < -0.4 is 17.1 Å². The van der Waals surface area contributed by atoms with Crippen molar-refractivity contribution in [3.05, 3.63) is 201 Å². The third-order valence-electron chi connectivity index (χ3n) is 9.75. The normalized spacial score (nSPS) is 9.67. The second kappa shape index (κ2) is 58.9. The van der Waals surface area contributed by atoms with E-state index in [4.69, 9.17) is 25.9 Å². The van der Waals surface area contributed by atoms with Crippen molar-refractivity contribution in [1.29, 1.82) is 0 Å². The molecule has 7 aromatic rings. The number of ketones is 1. The maximum atomic E-state index is 11.5. The number of aryl methyl sites for hydroxylation is 2. The minimum atomic E-state index is -3.79. The molecule has 0 radical (unpaired) electrons. The van der Waals surface area contributed by atoms with Gasteiger partial charge in [-0.05, 0) is 62.4 Å². The fraction of sp³-hybridized carbons (Fsp3) is 0.359. The summed E-state index contributed by atoms with van der Waals surface area (Å²) < 4.78 is 50.5. The number of rotatable bonds is 10. The predicted octanol–water partition coefficient (Wildman–Crippen LogP) is 12.5. The predicted molar refractivity (Wildman–Crippen MR) is 327 cm³/mol. The summed E-state index contributed by atoms with van der Waals surface area (Å²) >= 11 is -3.79. The Morgan fingerprint density at radius 2 is 0.941 bits per heavy atom. The monoisotopic (exact) mass is 1230 g/mol. The number of H-pyrrole nitrogens is 1. The van der Waals surface area contributed by atoms with Crippen molar-refractivity contribution in [2.45, 2.75) is 128 Å². The van der Waals surface area contributed by atoms with E-state index >= 15 is 0 Å². The molecular formula is C64H93CrN3O17. The Balaban J connectivity index is -0.000000214. The molecule has 0 spiro atoms. The van der Waals surface area contributed by atoms with Crippen molar-refractivity contribution in [2.75, 3.05) is 21.3 Å². The number of nitrogens with two attached hydrogens (primary N) is 1. The van der Waals surface area contributed by atoms with Gasteiger partial charge in [0.05, 0.1) is 56.4 Å². The maximum absolute atomic E-state index is 11.5. The number of carbonyl (C=O) groups is 5. The second-order valence-electron chi connectivity index (χ2n) is 14.9. The van der Waals surface area contributed by atoms with Crippen LogP contribution >= 0.6 is 0 Å². The zero-order valence-corrected chi connectivity index (χ0v) is 54.2. The van der Waals surface area contributed by atoms with Crippen LogP contribution in [-0.2, 0) is 77.0 Å². The zero-order valence-electron chi connectivity index (χ0n) is 52.9. The molecule has 3 unspecified atom stereocenters. The summed E-state index contributed by atoms with van der Waals surface area (Å²) in [6.07, 6.45) is 0.363. The molecule has 0 aliphatic heterocycles. The van der Waals surface area contributed by atoms with Crippen molar-refractivity contribution < 1.29 is 82.9 Å². The Morgan fingerprint density at radius 1 is 0.600 bits per heavy atom. The molecule has 7 rings (SSSR count). The molecule has 20 nitrogen and oxygen atoms in total. The van der Waals surface area contributed by atoms with Crippen molar-refractivity contribution in [2.24, 2.45) is 12.9 Å². The molecule has 472 valence electrons. The van der Waals surface area contributed by atoms with Gasteiger partial charge in [-0.2, -0.15) is 0 Å². The Morgan fingerprint density at radius 3 is 1.24 bits per heavy atom. The molecule has 0 aliphatic rings. The van der Waals surface area contributed by atoms with Crippen LogP contribution in [-0.4, -0.2) is 77.6 Å². The number of aldehydes is 1. The molecule has 0 bridgehead atoms. The topological polar surface area (TPSA) is 312 Å². The van der Waals surface area contributed by atoms with Crippen molar-refractivity contribution in [3.8, 4) is 22.3 Å². The van der Waals surface area contributed by atoms with Crippen molar-refractivity contribution >= 4 is 30.0 Å². The van der Waals surface area contributed by atoms with E-state index in [0.29, 0.717) is 23.1 Å². The first kappa shape index (κ1) is 87.9. The van der Waals surface area contributed by atoms with Crippen LogP contribution in [0.2, 0.25) is 0 Å². The van der Waals surface area contributed by atoms with Gasteiger partial charge in [-0.25, -0.2) is 25.4 Å². The molecule has 0 fully saturated rings. The summed E-state index contributed by atoms with van der Waals surface area (Å²) in [5.41, 5.74) is 6.49. The third kappa shape index (κ3) is 39.0. The fourth-order valence-electron chi connectivity index (χ4n) is 6.33. The van der Waals surface area contributed by atoms with Crippen LogP contribution in [0.5, 0.6) is 0 Å². The number of aromatic amines is 1. The first-order valence-corrected chi connectivity index (χ1v) is 28.8. The first-order chi connectivity index (χ1) is 40.8. The van der Waals surface area contributed by atoms with Gasteiger partial charge in [-0.3, -0.25) is 19.2 Å². The van der Waals surface area contributed by atoms with Crippen molar-refractivity contribution in [1.82, 2.24) is 9.90 Å². The number of methoxy groups -OCH3 is 3. The van der Waals surface area contributed by atoms with Crippen molar-refractivity contribution in [3.63, 3.8) is 0 Å². The van der Waals surface area contributed by atoms with Gasteiger partial charge in [0.1, 0.15) is 23.9 Å². The first-order valence-electron chi connectivity index (χ1n) is 27.2. The molecule has 5 N–H and O–H groups in total. The Bertz CT molecular complexity index is 2960. The Hall–Kier alpha value is -8.32. The second-order valence-corrected chi connectivity index (χ2v) is 15.5. The number of esters is 3. The van der Waals surface area contributed by atoms with E-state index in [1.54, 1.807) is 50.4 Å². The average molecular weight is 1230 g/mol. The molecule has 2 aromatic heterocycles. The Labute approximate surface area is 505 Å². The summed E-state index contributed by atoms with van der Waals surface area (Å²) in [7, 11) is 5.72.